The lowest BCUT2D eigenvalue weighted by atomic mass is 10.3. The topological polar surface area (TPSA) is 15.3 Å². The van der Waals surface area contributed by atoms with Gasteiger partial charge in [0.2, 0.25) is 0 Å². The Kier molecular flexibility index (Phi) is 3.16. The molecule has 0 aromatic heterocycles. The Hall–Kier alpha value is -0.0800. The Labute approximate surface area is 63.6 Å². The van der Waals surface area contributed by atoms with Gasteiger partial charge in [-0.3, -0.25) is 5.43 Å². The number of unbranched alkanes of at least 4 members (excludes halogenated alkanes) is 1. The van der Waals surface area contributed by atoms with Gasteiger partial charge in [0.05, 0.1) is 0 Å². The molecule has 1 aliphatic rings. The number of hydrazine groups is 1. The first-order chi connectivity index (χ1) is 4.84. The molecule has 1 N–H and O–H groups in total. The van der Waals surface area contributed by atoms with Gasteiger partial charge in [0.1, 0.15) is 0 Å². The molecule has 0 amide bonds. The van der Waals surface area contributed by atoms with E-state index in [0.29, 0.717) is 0 Å². The molecular formula is C8H18N2. The van der Waals surface area contributed by atoms with E-state index in [0.717, 1.165) is 12.6 Å². The third-order valence-electron chi connectivity index (χ3n) is 1.99. The first-order valence-electron chi connectivity index (χ1n) is 4.31. The summed E-state index contributed by atoms with van der Waals surface area (Å²) in [6.07, 6.45) is 5.34. The molecule has 60 valence electrons. The van der Waals surface area contributed by atoms with Crippen molar-refractivity contribution in [1.29, 1.82) is 0 Å². The number of hydrogen-bond donors (Lipinski definition) is 1. The van der Waals surface area contributed by atoms with E-state index in [1.165, 1.54) is 25.7 Å². The van der Waals surface area contributed by atoms with Crippen molar-refractivity contribution in [3.8, 4) is 0 Å². The van der Waals surface area contributed by atoms with Crippen molar-refractivity contribution in [2.24, 2.45) is 0 Å². The Morgan fingerprint density at radius 2 is 2.20 bits per heavy atom. The number of hydrogen-bond acceptors (Lipinski definition) is 2. The zero-order chi connectivity index (χ0) is 7.40. The van der Waals surface area contributed by atoms with Crippen molar-refractivity contribution in [1.82, 2.24) is 10.4 Å². The van der Waals surface area contributed by atoms with E-state index < -0.39 is 0 Å². The van der Waals surface area contributed by atoms with Crippen LogP contribution in [0.3, 0.4) is 0 Å². The summed E-state index contributed by atoms with van der Waals surface area (Å²) in [5.41, 5.74) is 3.38. The summed E-state index contributed by atoms with van der Waals surface area (Å²) in [6, 6.07) is 0.844. The minimum Gasteiger partial charge on any atom is -0.255 e. The minimum atomic E-state index is 0.844. The molecule has 0 radical (unpaired) electrons. The number of nitrogens with one attached hydrogen (secondary N) is 1. The lowest BCUT2D eigenvalue weighted by Crippen LogP contribution is -2.36. The van der Waals surface area contributed by atoms with E-state index in [1.54, 1.807) is 0 Å². The molecule has 0 aliphatic heterocycles. The Morgan fingerprint density at radius 1 is 1.50 bits per heavy atom. The van der Waals surface area contributed by atoms with Crippen LogP contribution in [0.15, 0.2) is 0 Å². The monoisotopic (exact) mass is 142 g/mol. The molecule has 1 aliphatic carbocycles. The lowest BCUT2D eigenvalue weighted by molar-refractivity contribution is 0.223. The molecule has 0 bridgehead atoms. The average molecular weight is 142 g/mol. The van der Waals surface area contributed by atoms with Crippen LogP contribution < -0.4 is 5.43 Å². The fourth-order valence-corrected chi connectivity index (χ4v) is 1.02. The molecule has 0 aromatic rings. The second kappa shape index (κ2) is 3.94. The zero-order valence-corrected chi connectivity index (χ0v) is 7.06. The quantitative estimate of drug-likeness (QED) is 0.461. The average Bonchev–Trinajstić information content (AvgIpc) is 2.69. The second-order valence-corrected chi connectivity index (χ2v) is 3.10. The summed E-state index contributed by atoms with van der Waals surface area (Å²) in [6.45, 7) is 3.36. The Morgan fingerprint density at radius 3 is 2.70 bits per heavy atom. The Balaban J connectivity index is 1.90. The van der Waals surface area contributed by atoms with Crippen molar-refractivity contribution in [3.05, 3.63) is 0 Å². The van der Waals surface area contributed by atoms with E-state index in [9.17, 15) is 0 Å². The van der Waals surface area contributed by atoms with Gasteiger partial charge in [0.25, 0.3) is 0 Å². The van der Waals surface area contributed by atoms with E-state index in [1.807, 2.05) is 0 Å². The van der Waals surface area contributed by atoms with Crippen LogP contribution in [0, 0.1) is 0 Å². The van der Waals surface area contributed by atoms with Crippen LogP contribution in [0.4, 0.5) is 0 Å². The molecule has 0 aromatic carbocycles. The molecule has 0 unspecified atom stereocenters. The maximum atomic E-state index is 3.38. The van der Waals surface area contributed by atoms with Crippen molar-refractivity contribution < 1.29 is 0 Å². The molecule has 1 fully saturated rings. The van der Waals surface area contributed by atoms with Crippen LogP contribution in [0.5, 0.6) is 0 Å². The maximum absolute atomic E-state index is 3.38. The number of rotatable bonds is 5. The van der Waals surface area contributed by atoms with Crippen molar-refractivity contribution >= 4 is 0 Å². The van der Waals surface area contributed by atoms with Gasteiger partial charge in [0.15, 0.2) is 0 Å². The van der Waals surface area contributed by atoms with Gasteiger partial charge in [-0.15, -0.1) is 0 Å². The van der Waals surface area contributed by atoms with Gasteiger partial charge in [-0.1, -0.05) is 13.3 Å². The van der Waals surface area contributed by atoms with E-state index >= 15 is 0 Å². The first-order valence-corrected chi connectivity index (χ1v) is 4.31. The van der Waals surface area contributed by atoms with Crippen LogP contribution >= 0.6 is 0 Å². The summed E-state index contributed by atoms with van der Waals surface area (Å²) < 4.78 is 0. The van der Waals surface area contributed by atoms with Crippen LogP contribution in [-0.4, -0.2) is 24.6 Å². The van der Waals surface area contributed by atoms with E-state index in [4.69, 9.17) is 0 Å². The third kappa shape index (κ3) is 2.67. The molecule has 0 heterocycles. The summed E-state index contributed by atoms with van der Waals surface area (Å²) in [4.78, 5) is 0. The summed E-state index contributed by atoms with van der Waals surface area (Å²) in [5, 5.41) is 2.26. The molecule has 10 heavy (non-hydrogen) atoms. The predicted octanol–water partition coefficient (Wildman–Crippen LogP) is 1.39. The minimum absolute atomic E-state index is 0.844. The predicted molar refractivity (Wildman–Crippen MR) is 43.7 cm³/mol. The Bertz CT molecular complexity index is 89.3. The van der Waals surface area contributed by atoms with E-state index in [2.05, 4.69) is 24.4 Å². The SMILES string of the molecule is CCCCNN(C)C1CC1. The normalized spacial score (nSPS) is 18.3. The highest BCUT2D eigenvalue weighted by molar-refractivity contribution is 4.80. The van der Waals surface area contributed by atoms with Crippen LogP contribution in [0.25, 0.3) is 0 Å². The van der Waals surface area contributed by atoms with E-state index in [-0.39, 0.29) is 0 Å². The summed E-state index contributed by atoms with van der Waals surface area (Å²) in [5.74, 6) is 0. The van der Waals surface area contributed by atoms with Gasteiger partial charge in [-0.05, 0) is 19.3 Å². The lowest BCUT2D eigenvalue weighted by Gasteiger charge is -2.16. The molecule has 1 saturated carbocycles. The fourth-order valence-electron chi connectivity index (χ4n) is 1.02. The number of nitrogens with zero attached hydrogens (tertiary/aromatic N) is 1. The highest BCUT2D eigenvalue weighted by Gasteiger charge is 2.25. The summed E-state index contributed by atoms with van der Waals surface area (Å²) in [7, 11) is 2.15. The fraction of sp³-hybridized carbons (Fsp3) is 1.00. The molecule has 2 nitrogen and oxygen atoms in total. The van der Waals surface area contributed by atoms with Crippen molar-refractivity contribution in [2.75, 3.05) is 13.6 Å². The molecule has 0 saturated heterocycles. The molecule has 1 rings (SSSR count). The maximum Gasteiger partial charge on any atom is 0.0241 e. The highest BCUT2D eigenvalue weighted by atomic mass is 15.5. The van der Waals surface area contributed by atoms with Gasteiger partial charge < -0.3 is 0 Å². The van der Waals surface area contributed by atoms with Crippen molar-refractivity contribution in [3.63, 3.8) is 0 Å². The molecule has 0 atom stereocenters. The molecule has 0 spiro atoms. The molecular weight excluding hydrogens is 124 g/mol. The van der Waals surface area contributed by atoms with Crippen molar-refractivity contribution in [2.45, 2.75) is 38.6 Å². The van der Waals surface area contributed by atoms with Crippen LogP contribution in [0.1, 0.15) is 32.6 Å². The van der Waals surface area contributed by atoms with Gasteiger partial charge in [0, 0.05) is 19.6 Å². The second-order valence-electron chi connectivity index (χ2n) is 3.10. The highest BCUT2D eigenvalue weighted by Crippen LogP contribution is 2.23. The smallest absolute Gasteiger partial charge is 0.0241 e. The largest absolute Gasteiger partial charge is 0.255 e. The third-order valence-corrected chi connectivity index (χ3v) is 1.99. The summed E-state index contributed by atoms with van der Waals surface area (Å²) >= 11 is 0. The van der Waals surface area contributed by atoms with Gasteiger partial charge >= 0.3 is 0 Å². The van der Waals surface area contributed by atoms with Gasteiger partial charge in [-0.2, -0.15) is 0 Å². The zero-order valence-electron chi connectivity index (χ0n) is 7.06. The van der Waals surface area contributed by atoms with Crippen LogP contribution in [-0.2, 0) is 0 Å². The standard InChI is InChI=1S/C8H18N2/c1-3-4-7-9-10(2)8-5-6-8/h8-9H,3-7H2,1-2H3. The molecule has 2 heteroatoms. The van der Waals surface area contributed by atoms with Gasteiger partial charge in [-0.25, -0.2) is 5.01 Å². The first kappa shape index (κ1) is 8.02. The van der Waals surface area contributed by atoms with Crippen LogP contribution in [0.2, 0.25) is 0 Å².